The van der Waals surface area contributed by atoms with E-state index in [1.54, 1.807) is 11.0 Å². The third-order valence-electron chi connectivity index (χ3n) is 6.14. The van der Waals surface area contributed by atoms with Gasteiger partial charge in [0.15, 0.2) is 5.65 Å². The lowest BCUT2D eigenvalue weighted by Crippen LogP contribution is -2.48. The van der Waals surface area contributed by atoms with Crippen LogP contribution in [0.25, 0.3) is 16.9 Å². The lowest BCUT2D eigenvalue weighted by atomic mass is 10.1. The summed E-state index contributed by atoms with van der Waals surface area (Å²) >= 11 is 12.1. The number of carbonyl (C=O) groups is 1. The Labute approximate surface area is 214 Å². The molecule has 1 amide bonds. The first-order valence-corrected chi connectivity index (χ1v) is 11.9. The molecule has 0 radical (unpaired) electrons. The highest BCUT2D eigenvalue weighted by Crippen LogP contribution is 2.28. The number of hydrogen-bond donors (Lipinski definition) is 0. The zero-order valence-electron chi connectivity index (χ0n) is 18.8. The van der Waals surface area contributed by atoms with Crippen LogP contribution < -0.4 is 0 Å². The van der Waals surface area contributed by atoms with Crippen LogP contribution in [-0.4, -0.2) is 56.5 Å². The molecule has 3 heterocycles. The molecule has 0 spiro atoms. The monoisotopic (exact) mass is 533 g/mol. The molecule has 0 aliphatic carbocycles. The number of fused-ring (bicyclic) bond motifs is 1. The van der Waals surface area contributed by atoms with Gasteiger partial charge in [-0.2, -0.15) is 5.10 Å². The number of carbonyl (C=O) groups excluding carboxylic acids is 1. The number of rotatable bonds is 5. The summed E-state index contributed by atoms with van der Waals surface area (Å²) in [6.45, 7) is 2.83. The number of alkyl halides is 2. The average molecular weight is 534 g/mol. The van der Waals surface area contributed by atoms with Gasteiger partial charge >= 0.3 is 0 Å². The van der Waals surface area contributed by atoms with E-state index in [1.807, 2.05) is 12.1 Å². The molecule has 1 saturated heterocycles. The maximum absolute atomic E-state index is 13.8. The molecule has 4 aromatic rings. The lowest BCUT2D eigenvalue weighted by Gasteiger charge is -2.34. The van der Waals surface area contributed by atoms with Crippen molar-refractivity contribution < 1.29 is 18.0 Å². The smallest absolute Gasteiger partial charge is 0.280 e. The molecule has 5 rings (SSSR count). The summed E-state index contributed by atoms with van der Waals surface area (Å²) in [5, 5.41) is 5.01. The largest absolute Gasteiger partial charge is 0.336 e. The molecule has 0 atom stereocenters. The predicted octanol–water partition coefficient (Wildman–Crippen LogP) is 5.74. The molecule has 36 heavy (non-hydrogen) atoms. The van der Waals surface area contributed by atoms with Crippen LogP contribution in [0, 0.1) is 5.82 Å². The summed E-state index contributed by atoms with van der Waals surface area (Å²) in [6, 6.07) is 12.1. The van der Waals surface area contributed by atoms with E-state index in [9.17, 15) is 18.0 Å². The second-order valence-electron chi connectivity index (χ2n) is 8.48. The Bertz CT molecular complexity index is 1420. The Morgan fingerprint density at radius 3 is 2.36 bits per heavy atom. The summed E-state index contributed by atoms with van der Waals surface area (Å²) in [7, 11) is 0. The number of hydrogen-bond acceptors (Lipinski definition) is 4. The van der Waals surface area contributed by atoms with Gasteiger partial charge < -0.3 is 4.90 Å². The minimum absolute atomic E-state index is 0.0374. The molecule has 1 aliphatic rings. The lowest BCUT2D eigenvalue weighted by molar-refractivity contribution is 0.0630. The minimum atomic E-state index is -2.84. The van der Waals surface area contributed by atoms with E-state index in [4.69, 9.17) is 23.2 Å². The SMILES string of the molecule is O=C(c1cnn2c(C(F)F)cc(-c3ccc(F)cc3)nc12)N1CCN(Cc2ccc(Cl)c(Cl)c2)CC1. The average Bonchev–Trinajstić information content (AvgIpc) is 3.30. The van der Waals surface area contributed by atoms with Crippen LogP contribution in [0.2, 0.25) is 10.0 Å². The maximum Gasteiger partial charge on any atom is 0.280 e. The molecule has 0 unspecified atom stereocenters. The van der Waals surface area contributed by atoms with Crippen LogP contribution in [0.3, 0.4) is 0 Å². The number of aromatic nitrogens is 3. The second kappa shape index (κ2) is 10.1. The molecule has 0 N–H and O–H groups in total. The van der Waals surface area contributed by atoms with E-state index < -0.39 is 17.9 Å². The molecule has 11 heteroatoms. The molecule has 0 bridgehead atoms. The third kappa shape index (κ3) is 4.91. The first-order chi connectivity index (χ1) is 17.3. The van der Waals surface area contributed by atoms with E-state index in [2.05, 4.69) is 15.0 Å². The van der Waals surface area contributed by atoms with Crippen LogP contribution in [0.5, 0.6) is 0 Å². The molecular weight excluding hydrogens is 514 g/mol. The molecule has 1 aliphatic heterocycles. The highest BCUT2D eigenvalue weighted by Gasteiger charge is 2.27. The Kier molecular flexibility index (Phi) is 6.87. The molecule has 2 aromatic heterocycles. The summed E-state index contributed by atoms with van der Waals surface area (Å²) in [5.41, 5.74) is 1.46. The highest BCUT2D eigenvalue weighted by molar-refractivity contribution is 6.42. The zero-order chi connectivity index (χ0) is 25.4. The molecule has 2 aromatic carbocycles. The van der Waals surface area contributed by atoms with Gasteiger partial charge in [-0.3, -0.25) is 9.69 Å². The van der Waals surface area contributed by atoms with Crippen molar-refractivity contribution in [1.82, 2.24) is 24.4 Å². The van der Waals surface area contributed by atoms with Crippen molar-refractivity contribution in [2.75, 3.05) is 26.2 Å². The quantitative estimate of drug-likeness (QED) is 0.328. The number of benzene rings is 2. The topological polar surface area (TPSA) is 53.7 Å². The van der Waals surface area contributed by atoms with Crippen molar-refractivity contribution in [3.63, 3.8) is 0 Å². The predicted molar refractivity (Wildman–Crippen MR) is 131 cm³/mol. The van der Waals surface area contributed by atoms with E-state index in [1.165, 1.54) is 36.5 Å². The van der Waals surface area contributed by atoms with Gasteiger partial charge in [-0.25, -0.2) is 22.7 Å². The summed E-state index contributed by atoms with van der Waals surface area (Å²) in [6.07, 6.45) is -1.57. The first-order valence-electron chi connectivity index (χ1n) is 11.2. The van der Waals surface area contributed by atoms with Crippen molar-refractivity contribution in [2.45, 2.75) is 13.0 Å². The van der Waals surface area contributed by atoms with Crippen LogP contribution in [-0.2, 0) is 6.54 Å². The molecular formula is C25H20Cl2F3N5O. The number of piperazine rings is 1. The molecule has 0 saturated carbocycles. The number of amides is 1. The van der Waals surface area contributed by atoms with Crippen molar-refractivity contribution in [3.05, 3.63) is 87.4 Å². The van der Waals surface area contributed by atoms with E-state index in [0.29, 0.717) is 48.3 Å². The van der Waals surface area contributed by atoms with Crippen LogP contribution in [0.4, 0.5) is 13.2 Å². The van der Waals surface area contributed by atoms with Gasteiger partial charge in [-0.05, 0) is 48.0 Å². The fourth-order valence-electron chi connectivity index (χ4n) is 4.24. The van der Waals surface area contributed by atoms with E-state index in [-0.39, 0.29) is 22.8 Å². The van der Waals surface area contributed by atoms with Gasteiger partial charge in [0, 0.05) is 38.3 Å². The van der Waals surface area contributed by atoms with Gasteiger partial charge in [-0.1, -0.05) is 29.3 Å². The van der Waals surface area contributed by atoms with Gasteiger partial charge in [0.25, 0.3) is 12.3 Å². The van der Waals surface area contributed by atoms with Crippen LogP contribution >= 0.6 is 23.2 Å². The zero-order valence-corrected chi connectivity index (χ0v) is 20.4. The Balaban J connectivity index is 1.37. The van der Waals surface area contributed by atoms with Gasteiger partial charge in [0.05, 0.1) is 21.9 Å². The van der Waals surface area contributed by atoms with Crippen molar-refractivity contribution >= 4 is 34.8 Å². The second-order valence-corrected chi connectivity index (χ2v) is 9.30. The van der Waals surface area contributed by atoms with Gasteiger partial charge in [0.1, 0.15) is 17.1 Å². The fourth-order valence-corrected chi connectivity index (χ4v) is 4.56. The Morgan fingerprint density at radius 2 is 1.69 bits per heavy atom. The Hall–Kier alpha value is -3.14. The van der Waals surface area contributed by atoms with Gasteiger partial charge in [0.2, 0.25) is 0 Å². The van der Waals surface area contributed by atoms with Crippen LogP contribution in [0.15, 0.2) is 54.7 Å². The Morgan fingerprint density at radius 1 is 0.972 bits per heavy atom. The normalized spacial score (nSPS) is 14.7. The summed E-state index contributed by atoms with van der Waals surface area (Å²) in [5.74, 6) is -0.782. The third-order valence-corrected chi connectivity index (χ3v) is 6.88. The molecule has 1 fully saturated rings. The summed E-state index contributed by atoms with van der Waals surface area (Å²) < 4.78 is 42.0. The van der Waals surface area contributed by atoms with E-state index in [0.717, 1.165) is 10.1 Å². The van der Waals surface area contributed by atoms with Crippen LogP contribution in [0.1, 0.15) is 28.0 Å². The summed E-state index contributed by atoms with van der Waals surface area (Å²) in [4.78, 5) is 21.6. The van der Waals surface area contributed by atoms with Crippen molar-refractivity contribution in [3.8, 4) is 11.3 Å². The van der Waals surface area contributed by atoms with Gasteiger partial charge in [-0.15, -0.1) is 0 Å². The maximum atomic E-state index is 13.8. The fraction of sp³-hybridized carbons (Fsp3) is 0.240. The highest BCUT2D eigenvalue weighted by atomic mass is 35.5. The number of halogens is 5. The first kappa shape index (κ1) is 24.5. The van der Waals surface area contributed by atoms with Crippen molar-refractivity contribution in [2.24, 2.45) is 0 Å². The molecule has 186 valence electrons. The number of nitrogens with zero attached hydrogens (tertiary/aromatic N) is 5. The van der Waals surface area contributed by atoms with Crippen molar-refractivity contribution in [1.29, 1.82) is 0 Å². The minimum Gasteiger partial charge on any atom is -0.336 e. The molecule has 6 nitrogen and oxygen atoms in total. The van der Waals surface area contributed by atoms with E-state index >= 15 is 0 Å². The standard InChI is InChI=1S/C25H20Cl2F3N5O/c26-19-6-1-15(11-20(19)27)14-33-7-9-34(10-8-33)25(36)18-13-31-35-22(23(29)30)12-21(32-24(18)35)16-2-4-17(28)5-3-16/h1-6,11-13,23H,7-10,14H2.